The van der Waals surface area contributed by atoms with Crippen LogP contribution in [-0.2, 0) is 13.1 Å². The lowest BCUT2D eigenvalue weighted by molar-refractivity contribution is 0.201. The highest BCUT2D eigenvalue weighted by Crippen LogP contribution is 2.29. The average molecular weight is 694 g/mol. The normalized spacial score (nSPS) is 13.2. The van der Waals surface area contributed by atoms with Crippen molar-refractivity contribution in [3.8, 4) is 22.5 Å². The molecule has 248 valence electrons. The fourth-order valence-corrected chi connectivity index (χ4v) is 6.30. The van der Waals surface area contributed by atoms with Gasteiger partial charge in [-0.05, 0) is 129 Å². The SMILES string of the molecule is Cc1ccc(N(Cc2ccnc(-c3cc(C)c(C)c(C)c3)c2)C2CCN(Cc3ccnc(-c4cccc(F)c4)c3)CC2)cc1.Cl.Cl.Cl. The standard InChI is InChI=1S/C39H41FN4.3ClH/c1-27-8-10-36(11-9-27)44(26-32-13-17-42-39(23-32)34-20-28(2)30(4)29(3)21-34)37-14-18-43(19-15-37)25-31-12-16-41-38(22-31)33-6-5-7-35(40)24-33;;;/h5-13,16-17,20-24,37H,14-15,18-19,25-26H2,1-4H3;3*1H. The van der Waals surface area contributed by atoms with Crippen LogP contribution in [0.4, 0.5) is 10.1 Å². The maximum Gasteiger partial charge on any atom is 0.123 e. The van der Waals surface area contributed by atoms with E-state index in [0.717, 1.165) is 56.0 Å². The van der Waals surface area contributed by atoms with E-state index in [1.165, 1.54) is 50.7 Å². The highest BCUT2D eigenvalue weighted by atomic mass is 35.5. The zero-order valence-electron chi connectivity index (χ0n) is 27.4. The van der Waals surface area contributed by atoms with Crippen LogP contribution in [0.1, 0.15) is 46.2 Å². The molecule has 0 saturated carbocycles. The van der Waals surface area contributed by atoms with Crippen molar-refractivity contribution in [3.63, 3.8) is 0 Å². The Hall–Kier alpha value is -3.48. The summed E-state index contributed by atoms with van der Waals surface area (Å²) in [4.78, 5) is 14.4. The average Bonchev–Trinajstić information content (AvgIpc) is 3.03. The Morgan fingerprint density at radius 2 is 1.30 bits per heavy atom. The molecule has 3 aromatic carbocycles. The van der Waals surface area contributed by atoms with Crippen LogP contribution in [0.3, 0.4) is 0 Å². The summed E-state index contributed by atoms with van der Waals surface area (Å²) in [6.07, 6.45) is 5.97. The van der Waals surface area contributed by atoms with Gasteiger partial charge in [-0.2, -0.15) is 0 Å². The quantitative estimate of drug-likeness (QED) is 0.162. The van der Waals surface area contributed by atoms with Crippen molar-refractivity contribution < 1.29 is 4.39 Å². The molecular formula is C39H44Cl3FN4. The second-order valence-electron chi connectivity index (χ2n) is 12.3. The van der Waals surface area contributed by atoms with Crippen molar-refractivity contribution in [2.75, 3.05) is 18.0 Å². The zero-order chi connectivity index (χ0) is 30.6. The van der Waals surface area contributed by atoms with E-state index in [9.17, 15) is 4.39 Å². The molecule has 1 saturated heterocycles. The lowest BCUT2D eigenvalue weighted by atomic mass is 9.97. The van der Waals surface area contributed by atoms with Crippen LogP contribution in [-0.4, -0.2) is 34.0 Å². The van der Waals surface area contributed by atoms with E-state index in [-0.39, 0.29) is 43.0 Å². The van der Waals surface area contributed by atoms with E-state index < -0.39 is 0 Å². The molecule has 0 amide bonds. The number of rotatable bonds is 8. The first-order chi connectivity index (χ1) is 21.3. The van der Waals surface area contributed by atoms with Crippen LogP contribution in [0.2, 0.25) is 0 Å². The van der Waals surface area contributed by atoms with Crippen LogP contribution in [0.5, 0.6) is 0 Å². The van der Waals surface area contributed by atoms with Crippen molar-refractivity contribution in [1.29, 1.82) is 0 Å². The summed E-state index contributed by atoms with van der Waals surface area (Å²) < 4.78 is 13.8. The van der Waals surface area contributed by atoms with E-state index >= 15 is 0 Å². The third-order valence-electron chi connectivity index (χ3n) is 9.11. The molecule has 0 bridgehead atoms. The van der Waals surface area contributed by atoms with E-state index in [1.54, 1.807) is 12.1 Å². The summed E-state index contributed by atoms with van der Waals surface area (Å²) >= 11 is 0. The molecule has 6 rings (SSSR count). The number of hydrogen-bond acceptors (Lipinski definition) is 4. The Morgan fingerprint density at radius 3 is 1.94 bits per heavy atom. The molecule has 1 fully saturated rings. The van der Waals surface area contributed by atoms with Crippen molar-refractivity contribution in [3.05, 3.63) is 137 Å². The maximum atomic E-state index is 13.8. The van der Waals surface area contributed by atoms with Crippen LogP contribution in [0, 0.1) is 33.5 Å². The molecule has 2 aromatic heterocycles. The minimum Gasteiger partial charge on any atom is -0.364 e. The maximum absolute atomic E-state index is 13.8. The van der Waals surface area contributed by atoms with Gasteiger partial charge in [0, 0.05) is 61.4 Å². The van der Waals surface area contributed by atoms with E-state index in [4.69, 9.17) is 4.98 Å². The van der Waals surface area contributed by atoms with Crippen LogP contribution < -0.4 is 4.90 Å². The van der Waals surface area contributed by atoms with Crippen LogP contribution in [0.15, 0.2) is 97.3 Å². The van der Waals surface area contributed by atoms with Gasteiger partial charge in [0.2, 0.25) is 0 Å². The number of anilines is 1. The number of hydrogen-bond donors (Lipinski definition) is 0. The predicted octanol–water partition coefficient (Wildman–Crippen LogP) is 10.1. The molecule has 0 spiro atoms. The molecular weight excluding hydrogens is 650 g/mol. The summed E-state index contributed by atoms with van der Waals surface area (Å²) in [5.41, 5.74) is 12.8. The third-order valence-corrected chi connectivity index (χ3v) is 9.11. The van der Waals surface area contributed by atoms with Gasteiger partial charge in [0.05, 0.1) is 11.4 Å². The summed E-state index contributed by atoms with van der Waals surface area (Å²) in [6, 6.07) is 29.2. The van der Waals surface area contributed by atoms with Gasteiger partial charge in [0.15, 0.2) is 0 Å². The number of piperidine rings is 1. The summed E-state index contributed by atoms with van der Waals surface area (Å²) in [5, 5.41) is 0. The van der Waals surface area contributed by atoms with E-state index in [0.29, 0.717) is 6.04 Å². The Bertz CT molecular complexity index is 1730. The number of aryl methyl sites for hydroxylation is 3. The smallest absolute Gasteiger partial charge is 0.123 e. The summed E-state index contributed by atoms with van der Waals surface area (Å²) in [5.74, 6) is -0.238. The van der Waals surface area contributed by atoms with Gasteiger partial charge in [-0.25, -0.2) is 4.39 Å². The lowest BCUT2D eigenvalue weighted by Gasteiger charge is -2.40. The first-order valence-corrected chi connectivity index (χ1v) is 15.6. The summed E-state index contributed by atoms with van der Waals surface area (Å²) in [7, 11) is 0. The Kier molecular flexibility index (Phi) is 13.8. The zero-order valence-corrected chi connectivity index (χ0v) is 29.9. The third kappa shape index (κ3) is 9.33. The van der Waals surface area contributed by atoms with Gasteiger partial charge >= 0.3 is 0 Å². The predicted molar refractivity (Wildman–Crippen MR) is 201 cm³/mol. The van der Waals surface area contributed by atoms with Gasteiger partial charge in [-0.3, -0.25) is 14.9 Å². The minimum atomic E-state index is -0.238. The van der Waals surface area contributed by atoms with Gasteiger partial charge in [-0.15, -0.1) is 37.2 Å². The topological polar surface area (TPSA) is 32.3 Å². The highest BCUT2D eigenvalue weighted by molar-refractivity contribution is 5.86. The number of halogens is 4. The largest absolute Gasteiger partial charge is 0.364 e. The lowest BCUT2D eigenvalue weighted by Crippen LogP contribution is -2.44. The second-order valence-corrected chi connectivity index (χ2v) is 12.3. The number of pyridine rings is 2. The second kappa shape index (κ2) is 17.1. The van der Waals surface area contributed by atoms with Gasteiger partial charge in [0.25, 0.3) is 0 Å². The monoisotopic (exact) mass is 692 g/mol. The first-order valence-electron chi connectivity index (χ1n) is 15.6. The molecule has 47 heavy (non-hydrogen) atoms. The van der Waals surface area contributed by atoms with Crippen molar-refractivity contribution >= 4 is 42.9 Å². The summed E-state index contributed by atoms with van der Waals surface area (Å²) in [6.45, 7) is 12.4. The van der Waals surface area contributed by atoms with E-state index in [1.807, 2.05) is 18.5 Å². The molecule has 1 aliphatic heterocycles. The molecule has 1 aliphatic rings. The van der Waals surface area contributed by atoms with Crippen molar-refractivity contribution in [2.45, 2.75) is 59.7 Å². The molecule has 3 heterocycles. The number of nitrogens with zero attached hydrogens (tertiary/aromatic N) is 4. The van der Waals surface area contributed by atoms with Crippen molar-refractivity contribution in [1.82, 2.24) is 14.9 Å². The Balaban J connectivity index is 0.00000200. The molecule has 0 radical (unpaired) electrons. The fraction of sp³-hybridized carbons (Fsp3) is 0.282. The van der Waals surface area contributed by atoms with Gasteiger partial charge in [-0.1, -0.05) is 29.8 Å². The van der Waals surface area contributed by atoms with Crippen LogP contribution >= 0.6 is 37.2 Å². The Labute approximate surface area is 297 Å². The number of benzene rings is 3. The van der Waals surface area contributed by atoms with Gasteiger partial charge in [0.1, 0.15) is 5.82 Å². The molecule has 0 aliphatic carbocycles. The first kappa shape index (κ1) is 38.0. The number of likely N-dealkylation sites (tertiary alicyclic amines) is 1. The van der Waals surface area contributed by atoms with Crippen molar-refractivity contribution in [2.24, 2.45) is 0 Å². The molecule has 5 aromatic rings. The molecule has 8 heteroatoms. The Morgan fingerprint density at radius 1 is 0.702 bits per heavy atom. The highest BCUT2D eigenvalue weighted by Gasteiger charge is 2.25. The fourth-order valence-electron chi connectivity index (χ4n) is 6.30. The van der Waals surface area contributed by atoms with Gasteiger partial charge < -0.3 is 4.90 Å². The minimum absolute atomic E-state index is 0. The number of aromatic nitrogens is 2. The molecule has 0 atom stereocenters. The molecule has 4 nitrogen and oxygen atoms in total. The molecule has 0 N–H and O–H groups in total. The molecule has 0 unspecified atom stereocenters. The van der Waals surface area contributed by atoms with E-state index in [2.05, 4.69) is 103 Å². The van der Waals surface area contributed by atoms with Crippen LogP contribution in [0.25, 0.3) is 22.5 Å².